The van der Waals surface area contributed by atoms with E-state index in [1.54, 1.807) is 27.7 Å². The van der Waals surface area contributed by atoms with E-state index in [9.17, 15) is 22.8 Å². The first kappa shape index (κ1) is 24.2. The van der Waals surface area contributed by atoms with E-state index >= 15 is 0 Å². The van der Waals surface area contributed by atoms with E-state index in [0.717, 1.165) is 18.9 Å². The fourth-order valence-electron chi connectivity index (χ4n) is 5.64. The van der Waals surface area contributed by atoms with Crippen LogP contribution in [0.1, 0.15) is 47.3 Å². The highest BCUT2D eigenvalue weighted by Crippen LogP contribution is 2.46. The normalized spacial score (nSPS) is 21.5. The number of piperidine rings is 1. The summed E-state index contributed by atoms with van der Waals surface area (Å²) in [4.78, 5) is 30.1. The number of aryl methyl sites for hydroxylation is 1. The van der Waals surface area contributed by atoms with Crippen LogP contribution < -0.4 is 10.2 Å². The quantitative estimate of drug-likeness (QED) is 0.698. The fraction of sp³-hybridized carbons (Fsp3) is 0.500. The summed E-state index contributed by atoms with van der Waals surface area (Å²) in [7, 11) is 1.81. The van der Waals surface area contributed by atoms with Crippen LogP contribution in [0.2, 0.25) is 0 Å². The van der Waals surface area contributed by atoms with Crippen LogP contribution in [0.15, 0.2) is 36.5 Å². The molecule has 190 valence electrons. The smallest absolute Gasteiger partial charge is 0.371 e. The van der Waals surface area contributed by atoms with Crippen molar-refractivity contribution in [2.45, 2.75) is 37.9 Å². The van der Waals surface area contributed by atoms with Crippen LogP contribution in [0.4, 0.5) is 18.9 Å². The lowest BCUT2D eigenvalue weighted by molar-refractivity contribution is -0.137. The molecule has 10 heteroatoms. The second kappa shape index (κ2) is 8.87. The number of nitriles is 1. The highest BCUT2D eigenvalue weighted by Gasteiger charge is 2.53. The zero-order chi connectivity index (χ0) is 25.7. The first-order valence-corrected chi connectivity index (χ1v) is 12.2. The number of amides is 2. The highest BCUT2D eigenvalue weighted by atomic mass is 19.4. The molecule has 5 rings (SSSR count). The van der Waals surface area contributed by atoms with Gasteiger partial charge >= 0.3 is 6.18 Å². The van der Waals surface area contributed by atoms with Crippen molar-refractivity contribution in [1.82, 2.24) is 14.8 Å². The summed E-state index contributed by atoms with van der Waals surface area (Å²) in [6.45, 7) is 1.69. The van der Waals surface area contributed by atoms with Gasteiger partial charge in [0.2, 0.25) is 5.91 Å². The van der Waals surface area contributed by atoms with Gasteiger partial charge in [0.15, 0.2) is 0 Å². The number of carbonyl (C=O) groups is 2. The average Bonchev–Trinajstić information content (AvgIpc) is 3.44. The third-order valence-corrected chi connectivity index (χ3v) is 7.89. The zero-order valence-electron chi connectivity index (χ0n) is 20.0. The van der Waals surface area contributed by atoms with Crippen LogP contribution in [-0.2, 0) is 18.0 Å². The van der Waals surface area contributed by atoms with Gasteiger partial charge in [-0.25, -0.2) is 0 Å². The molecule has 1 aromatic heterocycles. The molecule has 1 atom stereocenters. The topological polar surface area (TPSA) is 81.4 Å². The molecular formula is C26H28F3N5O2. The van der Waals surface area contributed by atoms with Gasteiger partial charge in [-0.05, 0) is 56.0 Å². The number of hydrogen-bond donors (Lipinski definition) is 1. The van der Waals surface area contributed by atoms with Crippen molar-refractivity contribution in [2.24, 2.45) is 18.4 Å². The maximum absolute atomic E-state index is 13.5. The van der Waals surface area contributed by atoms with E-state index in [-0.39, 0.29) is 23.8 Å². The van der Waals surface area contributed by atoms with Gasteiger partial charge in [-0.1, -0.05) is 0 Å². The Morgan fingerprint density at radius 3 is 2.47 bits per heavy atom. The molecule has 1 N–H and O–H groups in total. The molecular weight excluding hydrogens is 471 g/mol. The molecule has 3 aliphatic rings. The van der Waals surface area contributed by atoms with E-state index in [0.29, 0.717) is 50.4 Å². The van der Waals surface area contributed by atoms with Crippen molar-refractivity contribution in [3.05, 3.63) is 53.3 Å². The summed E-state index contributed by atoms with van der Waals surface area (Å²) >= 11 is 0. The molecule has 1 unspecified atom stereocenters. The van der Waals surface area contributed by atoms with Crippen LogP contribution >= 0.6 is 0 Å². The molecule has 1 aromatic carbocycles. The molecule has 2 saturated heterocycles. The van der Waals surface area contributed by atoms with Gasteiger partial charge in [0.25, 0.3) is 5.91 Å². The van der Waals surface area contributed by atoms with Gasteiger partial charge in [-0.3, -0.25) is 9.59 Å². The number of nitrogens with zero attached hydrogens (tertiary/aromatic N) is 4. The molecule has 2 aliphatic heterocycles. The van der Waals surface area contributed by atoms with Crippen molar-refractivity contribution in [2.75, 3.05) is 31.1 Å². The number of halogens is 3. The lowest BCUT2D eigenvalue weighted by Gasteiger charge is -2.43. The summed E-state index contributed by atoms with van der Waals surface area (Å²) in [5.74, 6) is -0.519. The Balaban J connectivity index is 1.37. The summed E-state index contributed by atoms with van der Waals surface area (Å²) in [5.41, 5.74) is -0.810. The van der Waals surface area contributed by atoms with Crippen molar-refractivity contribution >= 4 is 17.5 Å². The summed E-state index contributed by atoms with van der Waals surface area (Å²) in [5, 5.41) is 12.2. The van der Waals surface area contributed by atoms with Crippen LogP contribution in [0, 0.1) is 22.7 Å². The van der Waals surface area contributed by atoms with Crippen LogP contribution in [-0.4, -0.2) is 53.5 Å². The molecule has 7 nitrogen and oxygen atoms in total. The monoisotopic (exact) mass is 499 g/mol. The number of anilines is 1. The van der Waals surface area contributed by atoms with Gasteiger partial charge in [-0.15, -0.1) is 0 Å². The first-order valence-electron chi connectivity index (χ1n) is 12.2. The SMILES string of the molecule is Cn1cccc1C(=O)N1CC(C(=O)NC2CC2)C2(CCN(c3ccc(C#N)c(C(F)(F)F)c3)CC2)C1. The molecule has 1 saturated carbocycles. The predicted octanol–water partition coefficient (Wildman–Crippen LogP) is 3.55. The lowest BCUT2D eigenvalue weighted by Crippen LogP contribution is -2.49. The fourth-order valence-corrected chi connectivity index (χ4v) is 5.64. The number of hydrogen-bond acceptors (Lipinski definition) is 4. The molecule has 1 aliphatic carbocycles. The Morgan fingerprint density at radius 1 is 1.17 bits per heavy atom. The molecule has 2 amide bonds. The largest absolute Gasteiger partial charge is 0.417 e. The van der Waals surface area contributed by atoms with E-state index in [1.807, 2.05) is 24.2 Å². The van der Waals surface area contributed by atoms with Gasteiger partial charge in [-0.2, -0.15) is 18.4 Å². The summed E-state index contributed by atoms with van der Waals surface area (Å²) < 4.78 is 42.2. The second-order valence-corrected chi connectivity index (χ2v) is 10.2. The molecule has 36 heavy (non-hydrogen) atoms. The molecule has 0 bridgehead atoms. The van der Waals surface area contributed by atoms with Crippen molar-refractivity contribution in [3.8, 4) is 6.07 Å². The standard InChI is InChI=1S/C26H28F3N5O2/c1-32-10-2-3-22(32)24(36)34-15-21(23(35)31-18-5-6-18)25(16-34)8-11-33(12-9-25)19-7-4-17(14-30)20(13-19)26(27,28)29/h2-4,7,10,13,18,21H,5-6,8-9,11-12,15-16H2,1H3,(H,31,35). The minimum absolute atomic E-state index is 0.0362. The first-order chi connectivity index (χ1) is 17.1. The zero-order valence-corrected chi connectivity index (χ0v) is 20.0. The Hall–Kier alpha value is -3.48. The van der Waals surface area contributed by atoms with Gasteiger partial charge in [0.05, 0.1) is 23.1 Å². The molecule has 2 aromatic rings. The minimum Gasteiger partial charge on any atom is -0.371 e. The summed E-state index contributed by atoms with van der Waals surface area (Å²) in [6, 6.07) is 9.18. The molecule has 1 spiro atoms. The lowest BCUT2D eigenvalue weighted by atomic mass is 9.70. The Morgan fingerprint density at radius 2 is 1.89 bits per heavy atom. The Labute approximate surface area is 207 Å². The number of likely N-dealkylation sites (tertiary alicyclic amines) is 1. The van der Waals surface area contributed by atoms with E-state index in [1.165, 1.54) is 6.07 Å². The minimum atomic E-state index is -4.62. The molecule has 0 radical (unpaired) electrons. The number of carbonyl (C=O) groups excluding carboxylic acids is 2. The van der Waals surface area contributed by atoms with E-state index in [4.69, 9.17) is 5.26 Å². The van der Waals surface area contributed by atoms with Crippen LogP contribution in [0.5, 0.6) is 0 Å². The van der Waals surface area contributed by atoms with Crippen molar-refractivity contribution in [3.63, 3.8) is 0 Å². The third-order valence-electron chi connectivity index (χ3n) is 7.89. The van der Waals surface area contributed by atoms with Gasteiger partial charge < -0.3 is 19.7 Å². The average molecular weight is 500 g/mol. The van der Waals surface area contributed by atoms with Crippen LogP contribution in [0.3, 0.4) is 0 Å². The Bertz CT molecular complexity index is 1220. The number of aromatic nitrogens is 1. The van der Waals surface area contributed by atoms with Gasteiger partial charge in [0, 0.05) is 56.6 Å². The maximum Gasteiger partial charge on any atom is 0.417 e. The highest BCUT2D eigenvalue weighted by molar-refractivity contribution is 5.94. The van der Waals surface area contributed by atoms with Gasteiger partial charge in [0.1, 0.15) is 5.69 Å². The van der Waals surface area contributed by atoms with Crippen molar-refractivity contribution in [1.29, 1.82) is 5.26 Å². The van der Waals surface area contributed by atoms with Crippen molar-refractivity contribution < 1.29 is 22.8 Å². The number of benzene rings is 1. The number of alkyl halides is 3. The summed E-state index contributed by atoms with van der Waals surface area (Å²) in [6.07, 6.45) is 0.272. The van der Waals surface area contributed by atoms with E-state index < -0.39 is 22.7 Å². The number of rotatable bonds is 4. The predicted molar refractivity (Wildman–Crippen MR) is 126 cm³/mol. The number of nitrogens with one attached hydrogen (secondary N) is 1. The Kier molecular flexibility index (Phi) is 5.97. The molecule has 3 heterocycles. The van der Waals surface area contributed by atoms with E-state index in [2.05, 4.69) is 5.32 Å². The van der Waals surface area contributed by atoms with Crippen LogP contribution in [0.25, 0.3) is 0 Å². The maximum atomic E-state index is 13.5. The third kappa shape index (κ3) is 4.43. The molecule has 3 fully saturated rings. The second-order valence-electron chi connectivity index (χ2n) is 10.2.